The molecule has 0 spiro atoms. The van der Waals surface area contributed by atoms with Crippen molar-refractivity contribution in [1.29, 1.82) is 0 Å². The number of hydrazone groups is 1. The number of nitro groups is 1. The van der Waals surface area contributed by atoms with Crippen LogP contribution in [0.5, 0.6) is 0 Å². The van der Waals surface area contributed by atoms with Crippen molar-refractivity contribution < 1.29 is 4.92 Å². The molecule has 124 valence electrons. The van der Waals surface area contributed by atoms with E-state index < -0.39 is 0 Å². The zero-order valence-corrected chi connectivity index (χ0v) is 13.4. The van der Waals surface area contributed by atoms with Gasteiger partial charge in [0.2, 0.25) is 0 Å². The minimum absolute atomic E-state index is 0.0805. The summed E-state index contributed by atoms with van der Waals surface area (Å²) in [7, 11) is 0. The maximum Gasteiger partial charge on any atom is 0.270 e. The lowest BCUT2D eigenvalue weighted by molar-refractivity contribution is -0.384. The second-order valence-corrected chi connectivity index (χ2v) is 5.78. The minimum Gasteiger partial charge on any atom is -0.371 e. The van der Waals surface area contributed by atoms with Crippen molar-refractivity contribution in [2.75, 3.05) is 23.4 Å². The monoisotopic (exact) mass is 324 g/mol. The molecule has 1 saturated heterocycles. The molecule has 0 aromatic heterocycles. The Hall–Kier alpha value is -2.89. The van der Waals surface area contributed by atoms with Gasteiger partial charge in [0, 0.05) is 36.5 Å². The van der Waals surface area contributed by atoms with Crippen LogP contribution in [0.25, 0.3) is 0 Å². The number of benzene rings is 2. The van der Waals surface area contributed by atoms with E-state index in [1.54, 1.807) is 18.3 Å². The van der Waals surface area contributed by atoms with E-state index in [9.17, 15) is 10.1 Å². The molecule has 1 N–H and O–H groups in total. The molecule has 3 rings (SSSR count). The third-order valence-electron chi connectivity index (χ3n) is 4.09. The van der Waals surface area contributed by atoms with Gasteiger partial charge in [-0.05, 0) is 37.5 Å². The summed E-state index contributed by atoms with van der Waals surface area (Å²) in [5.74, 6) is 0. The van der Waals surface area contributed by atoms with Crippen LogP contribution >= 0.6 is 0 Å². The molecule has 1 heterocycles. The van der Waals surface area contributed by atoms with Crippen LogP contribution in [0.2, 0.25) is 0 Å². The second-order valence-electron chi connectivity index (χ2n) is 5.78. The number of non-ortho nitro benzene ring substituents is 1. The summed E-state index contributed by atoms with van der Waals surface area (Å²) in [6.07, 6.45) is 5.19. The highest BCUT2D eigenvalue weighted by Crippen LogP contribution is 2.27. The number of hydrogen-bond donors (Lipinski definition) is 1. The molecule has 6 nitrogen and oxygen atoms in total. The van der Waals surface area contributed by atoms with Crippen LogP contribution in [0.1, 0.15) is 24.8 Å². The molecule has 0 aliphatic carbocycles. The SMILES string of the molecule is O=[N+]([O-])c1ccc(N2CCCCC2)c(/C=N\Nc2ccccc2)c1. The molecule has 1 aliphatic heterocycles. The van der Waals surface area contributed by atoms with Crippen molar-refractivity contribution >= 4 is 23.3 Å². The molecule has 0 saturated carbocycles. The highest BCUT2D eigenvalue weighted by Gasteiger charge is 2.16. The Morgan fingerprint density at radius 2 is 1.83 bits per heavy atom. The van der Waals surface area contributed by atoms with E-state index in [1.807, 2.05) is 36.4 Å². The Bertz CT molecular complexity index is 725. The van der Waals surface area contributed by atoms with Gasteiger partial charge in [-0.15, -0.1) is 0 Å². The largest absolute Gasteiger partial charge is 0.371 e. The van der Waals surface area contributed by atoms with Gasteiger partial charge in [-0.2, -0.15) is 5.10 Å². The Balaban J connectivity index is 1.84. The number of nitrogens with one attached hydrogen (secondary N) is 1. The second kappa shape index (κ2) is 7.59. The molecule has 0 atom stereocenters. The van der Waals surface area contributed by atoms with Crippen LogP contribution in [0.4, 0.5) is 17.1 Å². The number of piperidine rings is 1. The van der Waals surface area contributed by atoms with E-state index >= 15 is 0 Å². The van der Waals surface area contributed by atoms with E-state index in [4.69, 9.17) is 0 Å². The van der Waals surface area contributed by atoms with Crippen molar-refractivity contribution in [3.05, 3.63) is 64.2 Å². The van der Waals surface area contributed by atoms with Crippen molar-refractivity contribution in [3.63, 3.8) is 0 Å². The number of hydrogen-bond acceptors (Lipinski definition) is 5. The molecule has 6 heteroatoms. The molecule has 0 radical (unpaired) electrons. The van der Waals surface area contributed by atoms with Crippen LogP contribution in [0.3, 0.4) is 0 Å². The topological polar surface area (TPSA) is 70.8 Å². The van der Waals surface area contributed by atoms with Gasteiger partial charge in [0.1, 0.15) is 0 Å². The molecule has 1 fully saturated rings. The summed E-state index contributed by atoms with van der Waals surface area (Å²) >= 11 is 0. The Morgan fingerprint density at radius 3 is 2.54 bits per heavy atom. The van der Waals surface area contributed by atoms with Crippen molar-refractivity contribution in [2.24, 2.45) is 5.10 Å². The zero-order chi connectivity index (χ0) is 16.8. The first-order valence-corrected chi connectivity index (χ1v) is 8.11. The molecule has 1 aliphatic rings. The highest BCUT2D eigenvalue weighted by molar-refractivity contribution is 5.89. The van der Waals surface area contributed by atoms with Gasteiger partial charge < -0.3 is 4.90 Å². The fourth-order valence-corrected chi connectivity index (χ4v) is 2.87. The fraction of sp³-hybridized carbons (Fsp3) is 0.278. The fourth-order valence-electron chi connectivity index (χ4n) is 2.87. The van der Waals surface area contributed by atoms with E-state index in [0.29, 0.717) is 0 Å². The first-order valence-electron chi connectivity index (χ1n) is 8.11. The molecule has 24 heavy (non-hydrogen) atoms. The highest BCUT2D eigenvalue weighted by atomic mass is 16.6. The number of nitro benzene ring substituents is 1. The molecule has 2 aromatic rings. The quantitative estimate of drug-likeness (QED) is 0.512. The van der Waals surface area contributed by atoms with Crippen molar-refractivity contribution in [2.45, 2.75) is 19.3 Å². The summed E-state index contributed by atoms with van der Waals surface area (Å²) in [5.41, 5.74) is 5.67. The zero-order valence-electron chi connectivity index (χ0n) is 13.4. The molecular weight excluding hydrogens is 304 g/mol. The molecule has 0 unspecified atom stereocenters. The normalized spacial score (nSPS) is 14.8. The van der Waals surface area contributed by atoms with E-state index in [0.717, 1.165) is 42.9 Å². The van der Waals surface area contributed by atoms with Crippen LogP contribution < -0.4 is 10.3 Å². The Kier molecular flexibility index (Phi) is 5.05. The molecule has 2 aromatic carbocycles. The number of rotatable bonds is 5. The van der Waals surface area contributed by atoms with Gasteiger partial charge in [-0.1, -0.05) is 18.2 Å². The lowest BCUT2D eigenvalue weighted by atomic mass is 10.1. The van der Waals surface area contributed by atoms with Crippen molar-refractivity contribution in [1.82, 2.24) is 0 Å². The number of para-hydroxylation sites is 1. The van der Waals surface area contributed by atoms with Crippen molar-refractivity contribution in [3.8, 4) is 0 Å². The van der Waals surface area contributed by atoms with Crippen LogP contribution in [0, 0.1) is 10.1 Å². The van der Waals surface area contributed by atoms with E-state index in [-0.39, 0.29) is 10.6 Å². The van der Waals surface area contributed by atoms with Gasteiger partial charge in [-0.25, -0.2) is 0 Å². The van der Waals surface area contributed by atoms with Gasteiger partial charge in [0.05, 0.1) is 16.8 Å². The predicted molar refractivity (Wildman–Crippen MR) is 96.8 cm³/mol. The lowest BCUT2D eigenvalue weighted by Crippen LogP contribution is -2.30. The average Bonchev–Trinajstić information content (AvgIpc) is 2.63. The van der Waals surface area contributed by atoms with Gasteiger partial charge in [0.15, 0.2) is 0 Å². The van der Waals surface area contributed by atoms with E-state index in [1.165, 1.54) is 6.42 Å². The molecular formula is C18H20N4O2. The van der Waals surface area contributed by atoms with Gasteiger partial charge in [-0.3, -0.25) is 15.5 Å². The first kappa shape index (κ1) is 16.0. The maximum atomic E-state index is 11.1. The maximum absolute atomic E-state index is 11.1. The summed E-state index contributed by atoms with van der Waals surface area (Å²) in [5, 5.41) is 15.3. The smallest absolute Gasteiger partial charge is 0.270 e. The summed E-state index contributed by atoms with van der Waals surface area (Å²) in [6, 6.07) is 14.6. The molecule has 0 amide bonds. The first-order chi connectivity index (χ1) is 11.7. The van der Waals surface area contributed by atoms with Crippen LogP contribution in [-0.4, -0.2) is 24.2 Å². The Morgan fingerprint density at radius 1 is 1.08 bits per heavy atom. The third-order valence-corrected chi connectivity index (χ3v) is 4.09. The predicted octanol–water partition coefficient (Wildman–Crippen LogP) is 4.03. The van der Waals surface area contributed by atoms with Gasteiger partial charge >= 0.3 is 0 Å². The summed E-state index contributed by atoms with van der Waals surface area (Å²) in [6.45, 7) is 1.95. The van der Waals surface area contributed by atoms with Crippen LogP contribution in [0.15, 0.2) is 53.6 Å². The lowest BCUT2D eigenvalue weighted by Gasteiger charge is -2.29. The number of nitrogens with zero attached hydrogens (tertiary/aromatic N) is 3. The Labute approximate surface area is 141 Å². The molecule has 0 bridgehead atoms. The average molecular weight is 324 g/mol. The standard InChI is InChI=1S/C18H20N4O2/c23-22(24)17-9-10-18(21-11-5-2-6-12-21)15(13-17)14-19-20-16-7-3-1-4-8-16/h1,3-4,7-10,13-14,20H,2,5-6,11-12H2/b19-14-. The van der Waals surface area contributed by atoms with E-state index in [2.05, 4.69) is 15.4 Å². The van der Waals surface area contributed by atoms with Crippen LogP contribution in [-0.2, 0) is 0 Å². The third kappa shape index (κ3) is 3.90. The minimum atomic E-state index is -0.373. The van der Waals surface area contributed by atoms with Gasteiger partial charge in [0.25, 0.3) is 5.69 Å². The summed E-state index contributed by atoms with van der Waals surface area (Å²) < 4.78 is 0. The summed E-state index contributed by atoms with van der Waals surface area (Å²) in [4.78, 5) is 13.0. The number of anilines is 2.